The Labute approximate surface area is 123 Å². The molecule has 0 spiro atoms. The van der Waals surface area contributed by atoms with Gasteiger partial charge in [-0.25, -0.2) is 0 Å². The van der Waals surface area contributed by atoms with Crippen molar-refractivity contribution in [1.29, 1.82) is 5.26 Å². The summed E-state index contributed by atoms with van der Waals surface area (Å²) in [4.78, 5) is 2.14. The van der Waals surface area contributed by atoms with E-state index in [2.05, 4.69) is 16.3 Å². The van der Waals surface area contributed by atoms with Gasteiger partial charge >= 0.3 is 7.12 Å². The number of rotatable bonds is 3. The first-order chi connectivity index (χ1) is 10.2. The molecule has 0 saturated carbocycles. The number of nitrogens with zero attached hydrogens (tertiary/aromatic N) is 2. The number of benzene rings is 2. The predicted octanol–water partition coefficient (Wildman–Crippen LogP) is 0.628. The molecule has 21 heavy (non-hydrogen) atoms. The molecule has 0 amide bonds. The SMILES string of the molecule is N#Cc1ccc2c(c1)N(Cc1ccc(B(O)O)cc1)CN2. The van der Waals surface area contributed by atoms with Crippen LogP contribution in [0.2, 0.25) is 0 Å². The van der Waals surface area contributed by atoms with Crippen LogP contribution >= 0.6 is 0 Å². The number of hydrogen-bond donors (Lipinski definition) is 3. The molecule has 2 aromatic carbocycles. The summed E-state index contributed by atoms with van der Waals surface area (Å²) in [7, 11) is -1.44. The maximum Gasteiger partial charge on any atom is 0.488 e. The van der Waals surface area contributed by atoms with Crippen LogP contribution < -0.4 is 15.7 Å². The standard InChI is InChI=1S/C15H14BN3O2/c17-8-12-3-6-14-15(7-12)19(10-18-14)9-11-1-4-13(5-2-11)16(20)21/h1-7,18,20-21H,9-10H2. The predicted molar refractivity (Wildman–Crippen MR) is 82.1 cm³/mol. The third-order valence-corrected chi connectivity index (χ3v) is 3.58. The van der Waals surface area contributed by atoms with Crippen molar-refractivity contribution in [2.75, 3.05) is 16.9 Å². The molecule has 3 N–H and O–H groups in total. The molecule has 0 atom stereocenters. The van der Waals surface area contributed by atoms with Gasteiger partial charge in [0.1, 0.15) is 0 Å². The summed E-state index contributed by atoms with van der Waals surface area (Å²) in [6, 6.07) is 14.9. The van der Waals surface area contributed by atoms with Crippen molar-refractivity contribution < 1.29 is 10.0 Å². The van der Waals surface area contributed by atoms with E-state index in [1.165, 1.54) is 0 Å². The molecule has 0 saturated heterocycles. The van der Waals surface area contributed by atoms with E-state index in [-0.39, 0.29) is 0 Å². The second-order valence-corrected chi connectivity index (χ2v) is 4.99. The van der Waals surface area contributed by atoms with Crippen LogP contribution in [-0.2, 0) is 6.54 Å². The summed E-state index contributed by atoms with van der Waals surface area (Å²) in [5.41, 5.74) is 4.22. The minimum atomic E-state index is -1.44. The number of fused-ring (bicyclic) bond motifs is 1. The van der Waals surface area contributed by atoms with Gasteiger partial charge in [-0.1, -0.05) is 24.3 Å². The first kappa shape index (κ1) is 13.5. The van der Waals surface area contributed by atoms with E-state index in [1.54, 1.807) is 18.2 Å². The van der Waals surface area contributed by atoms with E-state index in [0.29, 0.717) is 24.2 Å². The second-order valence-electron chi connectivity index (χ2n) is 4.99. The van der Waals surface area contributed by atoms with E-state index in [0.717, 1.165) is 16.9 Å². The molecule has 0 aliphatic carbocycles. The van der Waals surface area contributed by atoms with Crippen LogP contribution in [0.15, 0.2) is 42.5 Å². The summed E-state index contributed by atoms with van der Waals surface area (Å²) in [5.74, 6) is 0. The molecular formula is C15H14BN3O2. The van der Waals surface area contributed by atoms with Gasteiger partial charge in [0, 0.05) is 6.54 Å². The zero-order chi connectivity index (χ0) is 14.8. The number of anilines is 2. The van der Waals surface area contributed by atoms with E-state index >= 15 is 0 Å². The van der Waals surface area contributed by atoms with Crippen molar-refractivity contribution in [3.05, 3.63) is 53.6 Å². The fourth-order valence-electron chi connectivity index (χ4n) is 2.43. The summed E-state index contributed by atoms with van der Waals surface area (Å²) < 4.78 is 0. The molecule has 1 aliphatic rings. The molecule has 0 radical (unpaired) electrons. The first-order valence-electron chi connectivity index (χ1n) is 6.65. The van der Waals surface area contributed by atoms with E-state index in [4.69, 9.17) is 15.3 Å². The van der Waals surface area contributed by atoms with Gasteiger partial charge < -0.3 is 20.3 Å². The molecule has 1 heterocycles. The Balaban J connectivity index is 1.80. The molecule has 5 nitrogen and oxygen atoms in total. The lowest BCUT2D eigenvalue weighted by molar-refractivity contribution is 0.426. The molecule has 3 rings (SSSR count). The molecule has 6 heteroatoms. The maximum atomic E-state index is 9.09. The Morgan fingerprint density at radius 1 is 1.19 bits per heavy atom. The minimum absolute atomic E-state index is 0.477. The summed E-state index contributed by atoms with van der Waals surface area (Å²) >= 11 is 0. The lowest BCUT2D eigenvalue weighted by atomic mass is 9.80. The highest BCUT2D eigenvalue weighted by atomic mass is 16.4. The topological polar surface area (TPSA) is 79.5 Å². The molecule has 1 aliphatic heterocycles. The van der Waals surface area contributed by atoms with Crippen LogP contribution in [0, 0.1) is 11.3 Å². The largest absolute Gasteiger partial charge is 0.488 e. The molecule has 0 bridgehead atoms. The second kappa shape index (κ2) is 5.48. The molecule has 0 unspecified atom stereocenters. The van der Waals surface area contributed by atoms with Crippen LogP contribution in [0.5, 0.6) is 0 Å². The smallest absolute Gasteiger partial charge is 0.423 e. The quantitative estimate of drug-likeness (QED) is 0.718. The third-order valence-electron chi connectivity index (χ3n) is 3.58. The van der Waals surface area contributed by atoms with Gasteiger partial charge in [0.25, 0.3) is 0 Å². The highest BCUT2D eigenvalue weighted by Crippen LogP contribution is 2.32. The van der Waals surface area contributed by atoms with Crippen LogP contribution in [0.1, 0.15) is 11.1 Å². The highest BCUT2D eigenvalue weighted by Gasteiger charge is 2.19. The molecule has 0 aromatic heterocycles. The lowest BCUT2D eigenvalue weighted by Gasteiger charge is -2.18. The van der Waals surface area contributed by atoms with Gasteiger partial charge in [0.05, 0.1) is 29.7 Å². The average molecular weight is 279 g/mol. The number of nitrogens with one attached hydrogen (secondary N) is 1. The summed E-state index contributed by atoms with van der Waals surface area (Å²) in [6.07, 6.45) is 0. The van der Waals surface area contributed by atoms with Crippen molar-refractivity contribution in [2.45, 2.75) is 6.54 Å². The lowest BCUT2D eigenvalue weighted by Crippen LogP contribution is -2.29. The highest BCUT2D eigenvalue weighted by molar-refractivity contribution is 6.58. The average Bonchev–Trinajstić information content (AvgIpc) is 2.90. The number of hydrogen-bond acceptors (Lipinski definition) is 5. The van der Waals surface area contributed by atoms with Crippen LogP contribution in [0.4, 0.5) is 11.4 Å². The Kier molecular flexibility index (Phi) is 3.52. The molecule has 104 valence electrons. The monoisotopic (exact) mass is 279 g/mol. The zero-order valence-electron chi connectivity index (χ0n) is 11.3. The Bertz CT molecular complexity index is 695. The van der Waals surface area contributed by atoms with E-state index in [9.17, 15) is 0 Å². The third kappa shape index (κ3) is 2.70. The Hall–Kier alpha value is -2.49. The Morgan fingerprint density at radius 2 is 1.95 bits per heavy atom. The first-order valence-corrected chi connectivity index (χ1v) is 6.65. The fourth-order valence-corrected chi connectivity index (χ4v) is 2.43. The van der Waals surface area contributed by atoms with Gasteiger partial charge in [0.15, 0.2) is 0 Å². The van der Waals surface area contributed by atoms with Crippen LogP contribution in [-0.4, -0.2) is 23.8 Å². The van der Waals surface area contributed by atoms with Crippen molar-refractivity contribution in [1.82, 2.24) is 0 Å². The van der Waals surface area contributed by atoms with Crippen molar-refractivity contribution in [3.63, 3.8) is 0 Å². The normalized spacial score (nSPS) is 12.5. The summed E-state index contributed by atoms with van der Waals surface area (Å²) in [5, 5.41) is 30.5. The van der Waals surface area contributed by atoms with Crippen molar-refractivity contribution in [3.8, 4) is 6.07 Å². The molecule has 2 aromatic rings. The van der Waals surface area contributed by atoms with Crippen molar-refractivity contribution >= 4 is 24.0 Å². The molecular weight excluding hydrogens is 265 g/mol. The molecule has 0 fully saturated rings. The van der Waals surface area contributed by atoms with Crippen LogP contribution in [0.3, 0.4) is 0 Å². The fraction of sp³-hybridized carbons (Fsp3) is 0.133. The van der Waals surface area contributed by atoms with Gasteiger partial charge in [-0.3, -0.25) is 0 Å². The van der Waals surface area contributed by atoms with Gasteiger partial charge in [-0.15, -0.1) is 0 Å². The minimum Gasteiger partial charge on any atom is -0.423 e. The Morgan fingerprint density at radius 3 is 2.62 bits per heavy atom. The van der Waals surface area contributed by atoms with Crippen molar-refractivity contribution in [2.24, 2.45) is 0 Å². The maximum absolute atomic E-state index is 9.09. The van der Waals surface area contributed by atoms with Gasteiger partial charge in [-0.05, 0) is 29.2 Å². The van der Waals surface area contributed by atoms with Crippen LogP contribution in [0.25, 0.3) is 0 Å². The summed E-state index contributed by atoms with van der Waals surface area (Å²) in [6.45, 7) is 1.38. The van der Waals surface area contributed by atoms with Gasteiger partial charge in [0.2, 0.25) is 0 Å². The zero-order valence-corrected chi connectivity index (χ0v) is 11.3. The van der Waals surface area contributed by atoms with E-state index in [1.807, 2.05) is 24.3 Å². The van der Waals surface area contributed by atoms with E-state index < -0.39 is 7.12 Å². The number of nitriles is 1. The van der Waals surface area contributed by atoms with Gasteiger partial charge in [-0.2, -0.15) is 5.26 Å².